The smallest absolute Gasteiger partial charge is 0.326 e. The molecule has 0 aromatic heterocycles. The van der Waals surface area contributed by atoms with Crippen LogP contribution < -0.4 is 5.32 Å². The second-order valence-electron chi connectivity index (χ2n) is 7.60. The lowest BCUT2D eigenvalue weighted by Gasteiger charge is -2.36. The van der Waals surface area contributed by atoms with Gasteiger partial charge in [0.15, 0.2) is 0 Å². The summed E-state index contributed by atoms with van der Waals surface area (Å²) < 4.78 is 0. The predicted molar refractivity (Wildman–Crippen MR) is 111 cm³/mol. The molecule has 3 atom stereocenters. The molecule has 1 amide bonds. The van der Waals surface area contributed by atoms with E-state index in [4.69, 9.17) is 0 Å². The Bertz CT molecular complexity index is 915. The van der Waals surface area contributed by atoms with Crippen LogP contribution in [-0.4, -0.2) is 51.1 Å². The predicted octanol–water partition coefficient (Wildman–Crippen LogP) is 2.09. The first-order chi connectivity index (χ1) is 14.4. The Balaban J connectivity index is 1.69. The molecule has 3 N–H and O–H groups in total. The molecule has 0 bridgehead atoms. The Kier molecular flexibility index (Phi) is 6.84. The summed E-state index contributed by atoms with van der Waals surface area (Å²) in [5, 5.41) is 22.1. The van der Waals surface area contributed by atoms with Crippen LogP contribution in [0.2, 0.25) is 0 Å². The summed E-state index contributed by atoms with van der Waals surface area (Å²) in [5.74, 6) is -2.52. The Morgan fingerprint density at radius 3 is 2.30 bits per heavy atom. The molecule has 7 nitrogen and oxygen atoms in total. The van der Waals surface area contributed by atoms with Crippen molar-refractivity contribution >= 4 is 17.8 Å². The summed E-state index contributed by atoms with van der Waals surface area (Å²) in [6.07, 6.45) is 1.11. The number of amides is 1. The highest BCUT2D eigenvalue weighted by molar-refractivity contribution is 5.88. The molecule has 2 aromatic rings. The maximum atomic E-state index is 13.1. The highest BCUT2D eigenvalue weighted by Crippen LogP contribution is 2.24. The molecular weight excluding hydrogens is 384 g/mol. The van der Waals surface area contributed by atoms with Crippen molar-refractivity contribution in [3.8, 4) is 0 Å². The number of benzene rings is 2. The Morgan fingerprint density at radius 1 is 1.03 bits per heavy atom. The summed E-state index contributed by atoms with van der Waals surface area (Å²) in [4.78, 5) is 37.9. The Hall–Kier alpha value is -3.19. The summed E-state index contributed by atoms with van der Waals surface area (Å²) in [5.41, 5.74) is 2.85. The molecule has 30 heavy (non-hydrogen) atoms. The van der Waals surface area contributed by atoms with E-state index < -0.39 is 36.0 Å². The monoisotopic (exact) mass is 410 g/mol. The van der Waals surface area contributed by atoms with Crippen molar-refractivity contribution in [2.75, 3.05) is 0 Å². The average Bonchev–Trinajstić information content (AvgIpc) is 2.75. The van der Waals surface area contributed by atoms with E-state index in [2.05, 4.69) is 5.32 Å². The fourth-order valence-corrected chi connectivity index (χ4v) is 3.83. The third kappa shape index (κ3) is 5.04. The van der Waals surface area contributed by atoms with Crippen LogP contribution in [0.3, 0.4) is 0 Å². The van der Waals surface area contributed by atoms with Gasteiger partial charge in [0.05, 0.1) is 6.04 Å². The number of carbonyl (C=O) groups is 3. The van der Waals surface area contributed by atoms with E-state index in [1.54, 1.807) is 6.92 Å². The maximum Gasteiger partial charge on any atom is 0.326 e. The normalized spacial score (nSPS) is 17.6. The first-order valence-electron chi connectivity index (χ1n) is 9.99. The Morgan fingerprint density at radius 2 is 1.67 bits per heavy atom. The van der Waals surface area contributed by atoms with Crippen LogP contribution in [0.1, 0.15) is 30.0 Å². The fraction of sp³-hybridized carbons (Fsp3) is 0.348. The zero-order valence-electron chi connectivity index (χ0n) is 16.8. The largest absolute Gasteiger partial charge is 0.480 e. The number of hydrogen-bond acceptors (Lipinski definition) is 4. The van der Waals surface area contributed by atoms with Gasteiger partial charge in [-0.15, -0.1) is 0 Å². The number of carboxylic acids is 2. The van der Waals surface area contributed by atoms with Gasteiger partial charge in [-0.2, -0.15) is 0 Å². The van der Waals surface area contributed by atoms with Gasteiger partial charge in [-0.25, -0.2) is 4.79 Å². The minimum Gasteiger partial charge on any atom is -0.480 e. The van der Waals surface area contributed by atoms with Gasteiger partial charge in [-0.1, -0.05) is 54.6 Å². The van der Waals surface area contributed by atoms with Crippen LogP contribution in [0.4, 0.5) is 0 Å². The maximum absolute atomic E-state index is 13.1. The van der Waals surface area contributed by atoms with Gasteiger partial charge in [-0.3, -0.25) is 14.9 Å². The van der Waals surface area contributed by atoms with Crippen molar-refractivity contribution in [3.63, 3.8) is 0 Å². The zero-order chi connectivity index (χ0) is 21.7. The lowest BCUT2D eigenvalue weighted by Crippen LogP contribution is -2.56. The number of hydrogen-bond donors (Lipinski definition) is 3. The molecule has 3 rings (SSSR count). The molecule has 3 unspecified atom stereocenters. The van der Waals surface area contributed by atoms with Crippen LogP contribution in [0, 0.1) is 0 Å². The molecule has 0 spiro atoms. The quantitative estimate of drug-likeness (QED) is 0.615. The van der Waals surface area contributed by atoms with Gasteiger partial charge in [0.25, 0.3) is 0 Å². The van der Waals surface area contributed by atoms with Crippen molar-refractivity contribution in [3.05, 3.63) is 71.3 Å². The van der Waals surface area contributed by atoms with Gasteiger partial charge in [-0.05, 0) is 36.5 Å². The highest BCUT2D eigenvalue weighted by atomic mass is 16.4. The van der Waals surface area contributed by atoms with Gasteiger partial charge < -0.3 is 15.1 Å². The second kappa shape index (κ2) is 9.54. The summed E-state index contributed by atoms with van der Waals surface area (Å²) in [6.45, 7) is 1.78. The number of rotatable bonds is 8. The SMILES string of the molecule is CC(NC(CCc1ccccc1)C(=O)O)C(=O)N1Cc2ccccc2CC1C(=O)O. The molecule has 0 fully saturated rings. The summed E-state index contributed by atoms with van der Waals surface area (Å²) >= 11 is 0. The number of nitrogens with one attached hydrogen (secondary N) is 1. The highest BCUT2D eigenvalue weighted by Gasteiger charge is 2.37. The van der Waals surface area contributed by atoms with Crippen LogP contribution in [0.25, 0.3) is 0 Å². The molecular formula is C23H26N2O5. The molecule has 0 saturated carbocycles. The molecule has 2 aromatic carbocycles. The second-order valence-corrected chi connectivity index (χ2v) is 7.60. The van der Waals surface area contributed by atoms with E-state index >= 15 is 0 Å². The lowest BCUT2D eigenvalue weighted by atomic mass is 9.93. The standard InChI is InChI=1S/C23H26N2O5/c1-15(24-19(22(27)28)12-11-16-7-3-2-4-8-16)21(26)25-14-18-10-6-5-9-17(18)13-20(25)23(29)30/h2-10,15,19-20,24H,11-14H2,1H3,(H,27,28)(H,29,30). The van der Waals surface area contributed by atoms with Gasteiger partial charge in [0.1, 0.15) is 12.1 Å². The summed E-state index contributed by atoms with van der Waals surface area (Å²) in [6, 6.07) is 14.3. The number of carbonyl (C=O) groups excluding carboxylic acids is 1. The minimum atomic E-state index is -1.07. The Labute approximate surface area is 175 Å². The van der Waals surface area contributed by atoms with E-state index in [0.717, 1.165) is 16.7 Å². The van der Waals surface area contributed by atoms with Crippen LogP contribution in [-0.2, 0) is 33.8 Å². The van der Waals surface area contributed by atoms with E-state index in [-0.39, 0.29) is 13.0 Å². The number of aliphatic carboxylic acids is 2. The number of aryl methyl sites for hydroxylation is 1. The van der Waals surface area contributed by atoms with Crippen molar-refractivity contribution in [1.82, 2.24) is 10.2 Å². The molecule has 0 aliphatic carbocycles. The van der Waals surface area contributed by atoms with Crippen molar-refractivity contribution in [2.24, 2.45) is 0 Å². The molecule has 1 heterocycles. The summed E-state index contributed by atoms with van der Waals surface area (Å²) in [7, 11) is 0. The van der Waals surface area contributed by atoms with E-state index in [9.17, 15) is 24.6 Å². The van der Waals surface area contributed by atoms with Gasteiger partial charge in [0, 0.05) is 13.0 Å². The lowest BCUT2D eigenvalue weighted by molar-refractivity contribution is -0.152. The van der Waals surface area contributed by atoms with Gasteiger partial charge >= 0.3 is 11.9 Å². The van der Waals surface area contributed by atoms with Crippen LogP contribution in [0.15, 0.2) is 54.6 Å². The van der Waals surface area contributed by atoms with Crippen LogP contribution in [0.5, 0.6) is 0 Å². The fourth-order valence-electron chi connectivity index (χ4n) is 3.83. The average molecular weight is 410 g/mol. The molecule has 7 heteroatoms. The van der Waals surface area contributed by atoms with Crippen molar-refractivity contribution in [2.45, 2.75) is 50.9 Å². The van der Waals surface area contributed by atoms with Crippen molar-refractivity contribution in [1.29, 1.82) is 0 Å². The van der Waals surface area contributed by atoms with Crippen LogP contribution >= 0.6 is 0 Å². The third-order valence-electron chi connectivity index (χ3n) is 5.50. The number of carboxylic acid groups (broad SMARTS) is 2. The first-order valence-corrected chi connectivity index (χ1v) is 9.99. The molecule has 1 aliphatic rings. The molecule has 0 saturated heterocycles. The first kappa shape index (κ1) is 21.5. The molecule has 1 aliphatic heterocycles. The van der Waals surface area contributed by atoms with Gasteiger partial charge in [0.2, 0.25) is 5.91 Å². The van der Waals surface area contributed by atoms with E-state index in [1.165, 1.54) is 4.90 Å². The third-order valence-corrected chi connectivity index (χ3v) is 5.50. The van der Waals surface area contributed by atoms with Crippen molar-refractivity contribution < 1.29 is 24.6 Å². The number of fused-ring (bicyclic) bond motifs is 1. The minimum absolute atomic E-state index is 0.194. The zero-order valence-corrected chi connectivity index (χ0v) is 16.8. The number of nitrogens with zero attached hydrogens (tertiary/aromatic N) is 1. The molecule has 0 radical (unpaired) electrons. The molecule has 158 valence electrons. The topological polar surface area (TPSA) is 107 Å². The van der Waals surface area contributed by atoms with E-state index in [1.807, 2.05) is 54.6 Å². The van der Waals surface area contributed by atoms with E-state index in [0.29, 0.717) is 12.8 Å².